The highest BCUT2D eigenvalue weighted by Gasteiger charge is 2.19. The first kappa shape index (κ1) is 79.8. The summed E-state index contributed by atoms with van der Waals surface area (Å²) in [6.45, 7) is 6.57. The zero-order valence-corrected chi connectivity index (χ0v) is 55.5. The lowest BCUT2D eigenvalue weighted by Crippen LogP contribution is -2.30. The number of carbonyl (C=O) groups excluding carboxylic acids is 3. The Hall–Kier alpha value is -3.15. The smallest absolute Gasteiger partial charge is 0.306 e. The van der Waals surface area contributed by atoms with Crippen LogP contribution in [-0.2, 0) is 28.6 Å². The molecule has 83 heavy (non-hydrogen) atoms. The van der Waals surface area contributed by atoms with Crippen LogP contribution in [0.1, 0.15) is 380 Å². The van der Waals surface area contributed by atoms with Gasteiger partial charge in [-0.3, -0.25) is 14.4 Å². The second-order valence-corrected chi connectivity index (χ2v) is 24.5. The zero-order chi connectivity index (χ0) is 59.9. The summed E-state index contributed by atoms with van der Waals surface area (Å²) in [5.41, 5.74) is 0. The summed E-state index contributed by atoms with van der Waals surface area (Å²) >= 11 is 0. The third-order valence-corrected chi connectivity index (χ3v) is 16.2. The van der Waals surface area contributed by atoms with Gasteiger partial charge in [0.05, 0.1) is 0 Å². The van der Waals surface area contributed by atoms with Crippen LogP contribution < -0.4 is 0 Å². The van der Waals surface area contributed by atoms with Gasteiger partial charge in [-0.1, -0.05) is 363 Å². The molecule has 0 N–H and O–H groups in total. The molecule has 482 valence electrons. The second-order valence-electron chi connectivity index (χ2n) is 24.5. The van der Waals surface area contributed by atoms with Crippen molar-refractivity contribution in [2.45, 2.75) is 386 Å². The molecule has 1 atom stereocenters. The summed E-state index contributed by atoms with van der Waals surface area (Å²) in [4.78, 5) is 38.4. The number of allylic oxidation sites excluding steroid dienone is 12. The normalized spacial score (nSPS) is 12.5. The summed E-state index contributed by atoms with van der Waals surface area (Å²) < 4.78 is 17.0. The maximum atomic E-state index is 12.9. The number of hydrogen-bond donors (Lipinski definition) is 0. The van der Waals surface area contributed by atoms with E-state index in [1.165, 1.54) is 231 Å². The van der Waals surface area contributed by atoms with E-state index in [1.54, 1.807) is 0 Å². The summed E-state index contributed by atoms with van der Waals surface area (Å²) in [7, 11) is 0. The Labute approximate surface area is 516 Å². The van der Waals surface area contributed by atoms with E-state index >= 15 is 0 Å². The summed E-state index contributed by atoms with van der Waals surface area (Å²) in [6.07, 6.45) is 93.7. The lowest BCUT2D eigenvalue weighted by molar-refractivity contribution is -0.167. The quantitative estimate of drug-likeness (QED) is 0.0261. The molecule has 0 aromatic rings. The van der Waals surface area contributed by atoms with Gasteiger partial charge < -0.3 is 14.2 Å². The van der Waals surface area contributed by atoms with Gasteiger partial charge >= 0.3 is 17.9 Å². The summed E-state index contributed by atoms with van der Waals surface area (Å²) in [5.74, 6) is -0.883. The Balaban J connectivity index is 4.25. The van der Waals surface area contributed by atoms with Gasteiger partial charge in [0.1, 0.15) is 13.2 Å². The predicted octanol–water partition coefficient (Wildman–Crippen LogP) is 25.2. The van der Waals surface area contributed by atoms with E-state index in [2.05, 4.69) is 93.7 Å². The molecule has 0 spiro atoms. The Morgan fingerprint density at radius 2 is 0.470 bits per heavy atom. The van der Waals surface area contributed by atoms with Crippen molar-refractivity contribution in [3.63, 3.8) is 0 Å². The molecule has 0 bridgehead atoms. The van der Waals surface area contributed by atoms with Gasteiger partial charge in [-0.15, -0.1) is 0 Å². The average molecular weight is 1160 g/mol. The van der Waals surface area contributed by atoms with Gasteiger partial charge in [-0.2, -0.15) is 0 Å². The molecule has 6 heteroatoms. The van der Waals surface area contributed by atoms with Crippen molar-refractivity contribution >= 4 is 17.9 Å². The number of ether oxygens (including phenoxy) is 3. The predicted molar refractivity (Wildman–Crippen MR) is 362 cm³/mol. The van der Waals surface area contributed by atoms with Crippen molar-refractivity contribution in [2.75, 3.05) is 13.2 Å². The Bertz CT molecular complexity index is 1520. The van der Waals surface area contributed by atoms with Crippen molar-refractivity contribution in [3.8, 4) is 0 Å². The zero-order valence-electron chi connectivity index (χ0n) is 55.5. The molecule has 0 fully saturated rings. The van der Waals surface area contributed by atoms with E-state index in [0.717, 1.165) is 109 Å². The van der Waals surface area contributed by atoms with Crippen LogP contribution in [0.3, 0.4) is 0 Å². The molecule has 0 heterocycles. The molecule has 0 radical (unpaired) electrons. The first-order valence-corrected chi connectivity index (χ1v) is 36.4. The Kier molecular flexibility index (Phi) is 68.6. The van der Waals surface area contributed by atoms with Crippen molar-refractivity contribution < 1.29 is 28.6 Å². The van der Waals surface area contributed by atoms with E-state index in [9.17, 15) is 14.4 Å². The van der Waals surface area contributed by atoms with Crippen LogP contribution in [0.5, 0.6) is 0 Å². The number of rotatable bonds is 67. The van der Waals surface area contributed by atoms with Crippen LogP contribution >= 0.6 is 0 Å². The Morgan fingerprint density at radius 3 is 0.735 bits per heavy atom. The van der Waals surface area contributed by atoms with Gasteiger partial charge in [-0.05, 0) is 70.6 Å². The van der Waals surface area contributed by atoms with Gasteiger partial charge in [0.2, 0.25) is 0 Å². The Morgan fingerprint density at radius 1 is 0.253 bits per heavy atom. The molecule has 0 rings (SSSR count). The summed E-state index contributed by atoms with van der Waals surface area (Å²) in [5, 5.41) is 0. The lowest BCUT2D eigenvalue weighted by atomic mass is 10.0. The fourth-order valence-corrected chi connectivity index (χ4v) is 10.8. The number of hydrogen-bond acceptors (Lipinski definition) is 6. The second kappa shape index (κ2) is 71.3. The SMILES string of the molecule is CC/C=C\C/C=C\C/C=C\C/C=C\C/C=C\C/C=C\CCCCCCC(=O)OC(COC(=O)CCCCCCCCCCCCCCC)COC(=O)CCCCCCCCCCCCCCCCCCCCCCCCCCCCCCC. The van der Waals surface area contributed by atoms with Crippen molar-refractivity contribution in [2.24, 2.45) is 0 Å². The highest BCUT2D eigenvalue weighted by molar-refractivity contribution is 5.71. The van der Waals surface area contributed by atoms with Crippen molar-refractivity contribution in [1.82, 2.24) is 0 Å². The van der Waals surface area contributed by atoms with Crippen LogP contribution in [0.25, 0.3) is 0 Å². The maximum absolute atomic E-state index is 12.9. The lowest BCUT2D eigenvalue weighted by Gasteiger charge is -2.18. The van der Waals surface area contributed by atoms with Gasteiger partial charge in [-0.25, -0.2) is 0 Å². The topological polar surface area (TPSA) is 78.9 Å². The van der Waals surface area contributed by atoms with Gasteiger partial charge in [0.25, 0.3) is 0 Å². The molecule has 0 aromatic carbocycles. The van der Waals surface area contributed by atoms with Gasteiger partial charge in [0, 0.05) is 19.3 Å². The molecule has 0 saturated heterocycles. The van der Waals surface area contributed by atoms with Gasteiger partial charge in [0.15, 0.2) is 6.10 Å². The molecule has 6 nitrogen and oxygen atoms in total. The fraction of sp³-hybridized carbons (Fsp3) is 0.805. The van der Waals surface area contributed by atoms with E-state index in [0.29, 0.717) is 19.3 Å². The van der Waals surface area contributed by atoms with E-state index < -0.39 is 6.10 Å². The molecule has 0 aromatic heterocycles. The highest BCUT2D eigenvalue weighted by atomic mass is 16.6. The van der Waals surface area contributed by atoms with Crippen molar-refractivity contribution in [3.05, 3.63) is 72.9 Å². The molecule has 0 aliphatic heterocycles. The van der Waals surface area contributed by atoms with Crippen LogP contribution in [0.15, 0.2) is 72.9 Å². The molecular weight excluding hydrogens is 1020 g/mol. The van der Waals surface area contributed by atoms with E-state index in [1.807, 2.05) is 0 Å². The minimum atomic E-state index is -0.788. The molecule has 0 amide bonds. The average Bonchev–Trinajstić information content (AvgIpc) is 3.49. The molecular formula is C77H138O6. The third kappa shape index (κ3) is 69.5. The van der Waals surface area contributed by atoms with E-state index in [4.69, 9.17) is 14.2 Å². The molecule has 0 aliphatic carbocycles. The minimum absolute atomic E-state index is 0.0812. The van der Waals surface area contributed by atoms with Crippen LogP contribution in [-0.4, -0.2) is 37.2 Å². The standard InChI is InChI=1S/C77H138O6/c1-4-7-10-13-16-19-22-25-27-29-31-33-35-36-37-38-39-40-42-43-45-47-49-52-55-58-61-64-67-70-76(79)82-73-74(72-81-75(78)69-66-63-60-57-54-51-24-21-18-15-12-9-6-3)83-77(80)71-68-65-62-59-56-53-50-48-46-44-41-34-32-30-28-26-23-20-17-14-11-8-5-2/h8,11,17,20,26,28,32,34,44,46,50,53,74H,4-7,9-10,12-16,18-19,21-25,27,29-31,33,35-43,45,47-49,51-52,54-73H2,1-3H3/b11-8-,20-17-,28-26-,34-32-,46-44-,53-50-. The van der Waals surface area contributed by atoms with Crippen LogP contribution in [0.4, 0.5) is 0 Å². The molecule has 0 aliphatic rings. The van der Waals surface area contributed by atoms with Crippen LogP contribution in [0.2, 0.25) is 0 Å². The first-order chi connectivity index (χ1) is 41.0. The maximum Gasteiger partial charge on any atom is 0.306 e. The van der Waals surface area contributed by atoms with Crippen molar-refractivity contribution in [1.29, 1.82) is 0 Å². The largest absolute Gasteiger partial charge is 0.462 e. The monoisotopic (exact) mass is 1160 g/mol. The highest BCUT2D eigenvalue weighted by Crippen LogP contribution is 2.19. The summed E-state index contributed by atoms with van der Waals surface area (Å²) in [6, 6.07) is 0. The van der Waals surface area contributed by atoms with Crippen LogP contribution in [0, 0.1) is 0 Å². The fourth-order valence-electron chi connectivity index (χ4n) is 10.8. The number of esters is 3. The number of carbonyl (C=O) groups is 3. The number of unbranched alkanes of at least 4 members (excludes halogenated alkanes) is 44. The first-order valence-electron chi connectivity index (χ1n) is 36.4. The third-order valence-electron chi connectivity index (χ3n) is 16.2. The molecule has 0 saturated carbocycles. The minimum Gasteiger partial charge on any atom is -0.462 e. The molecule has 1 unspecified atom stereocenters. The van der Waals surface area contributed by atoms with E-state index in [-0.39, 0.29) is 31.1 Å².